The molecule has 3 aromatic carbocycles. The first-order valence-corrected chi connectivity index (χ1v) is 13.5. The maximum absolute atomic E-state index is 12.6. The smallest absolute Gasteiger partial charge is 0.265 e. The van der Waals surface area contributed by atoms with Crippen molar-refractivity contribution in [3.63, 3.8) is 0 Å². The van der Waals surface area contributed by atoms with Crippen molar-refractivity contribution in [2.24, 2.45) is 0 Å². The zero-order valence-electron chi connectivity index (χ0n) is 19.1. The second-order valence-corrected chi connectivity index (χ2v) is 11.3. The van der Waals surface area contributed by atoms with E-state index in [0.29, 0.717) is 17.6 Å². The van der Waals surface area contributed by atoms with Crippen LogP contribution in [0.3, 0.4) is 0 Å². The summed E-state index contributed by atoms with van der Waals surface area (Å²) in [6.45, 7) is 0.442. The third-order valence-electron chi connectivity index (χ3n) is 6.54. The maximum atomic E-state index is 12.6. The fourth-order valence-corrected chi connectivity index (χ4v) is 5.70. The molecule has 1 aliphatic rings. The van der Waals surface area contributed by atoms with Crippen LogP contribution in [-0.2, 0) is 11.0 Å². The first-order chi connectivity index (χ1) is 16.4. The SMILES string of the molecule is O=P(O)(COc1ccc(CC2(NC[C@H](O)c3ccc(O)cc3)CCCC2)cc1)c1ccccc1. The summed E-state index contributed by atoms with van der Waals surface area (Å²) in [7, 11) is -3.57. The average Bonchev–Trinajstić information content (AvgIpc) is 3.32. The van der Waals surface area contributed by atoms with Crippen LogP contribution >= 0.6 is 7.37 Å². The molecular weight excluding hydrogens is 449 g/mol. The van der Waals surface area contributed by atoms with Gasteiger partial charge in [0, 0.05) is 17.4 Å². The predicted octanol–water partition coefficient (Wildman–Crippen LogP) is 4.50. The molecule has 0 heterocycles. The molecule has 180 valence electrons. The summed E-state index contributed by atoms with van der Waals surface area (Å²) >= 11 is 0. The van der Waals surface area contributed by atoms with E-state index in [1.807, 2.05) is 30.3 Å². The zero-order chi connectivity index (χ0) is 24.0. The standard InChI is InChI=1S/C27H32NO5P/c29-23-12-10-22(11-13-23)26(30)19-28-27(16-4-5-17-27)18-21-8-14-24(15-9-21)33-20-34(31,32)25-6-2-1-3-7-25/h1-3,6-15,26,28-30H,4-5,16-20H2,(H,31,32)/t26-/m0/s1. The predicted molar refractivity (Wildman–Crippen MR) is 134 cm³/mol. The van der Waals surface area contributed by atoms with Crippen LogP contribution < -0.4 is 15.4 Å². The minimum absolute atomic E-state index is 0.0750. The largest absolute Gasteiger partial charge is 0.508 e. The van der Waals surface area contributed by atoms with Gasteiger partial charge in [-0.1, -0.05) is 55.3 Å². The number of ether oxygens (including phenoxy) is 1. The summed E-state index contributed by atoms with van der Waals surface area (Å²) in [6, 6.07) is 22.9. The Hall–Kier alpha value is -2.63. The van der Waals surface area contributed by atoms with Gasteiger partial charge in [0.2, 0.25) is 0 Å². The van der Waals surface area contributed by atoms with Gasteiger partial charge in [0.1, 0.15) is 11.5 Å². The average molecular weight is 482 g/mol. The first kappa shape index (κ1) is 24.5. The minimum atomic E-state index is -3.57. The van der Waals surface area contributed by atoms with Crippen LogP contribution in [0.4, 0.5) is 0 Å². The fourth-order valence-electron chi connectivity index (χ4n) is 4.59. The zero-order valence-corrected chi connectivity index (χ0v) is 20.0. The molecule has 4 N–H and O–H groups in total. The van der Waals surface area contributed by atoms with Gasteiger partial charge in [-0.3, -0.25) is 4.57 Å². The summed E-state index contributed by atoms with van der Waals surface area (Å²) in [5.74, 6) is 0.746. The van der Waals surface area contributed by atoms with Crippen LogP contribution in [0, 0.1) is 0 Å². The maximum Gasteiger partial charge on any atom is 0.265 e. The third kappa shape index (κ3) is 6.28. The van der Waals surface area contributed by atoms with E-state index in [1.54, 1.807) is 48.5 Å². The molecule has 1 fully saturated rings. The number of phenols is 1. The van der Waals surface area contributed by atoms with Gasteiger partial charge in [0.15, 0.2) is 6.35 Å². The van der Waals surface area contributed by atoms with Gasteiger partial charge in [0.25, 0.3) is 7.37 Å². The lowest BCUT2D eigenvalue weighted by molar-refractivity contribution is 0.155. The molecule has 34 heavy (non-hydrogen) atoms. The number of hydrogen-bond acceptors (Lipinski definition) is 5. The Labute approximate surface area is 200 Å². The quantitative estimate of drug-likeness (QED) is 0.318. The lowest BCUT2D eigenvalue weighted by Crippen LogP contribution is -2.46. The molecule has 0 aromatic heterocycles. The van der Waals surface area contributed by atoms with Crippen molar-refractivity contribution >= 4 is 12.7 Å². The Bertz CT molecular complexity index is 1100. The summed E-state index contributed by atoms with van der Waals surface area (Å²) < 4.78 is 18.2. The highest BCUT2D eigenvalue weighted by Gasteiger charge is 2.34. The molecule has 0 saturated heterocycles. The van der Waals surface area contributed by atoms with Crippen molar-refractivity contribution in [3.05, 3.63) is 90.0 Å². The molecule has 0 spiro atoms. The molecule has 2 atom stereocenters. The molecule has 6 nitrogen and oxygen atoms in total. The molecule has 0 aliphatic heterocycles. The van der Waals surface area contributed by atoms with E-state index in [-0.39, 0.29) is 17.6 Å². The fraction of sp³-hybridized carbons (Fsp3) is 0.333. The van der Waals surface area contributed by atoms with E-state index in [2.05, 4.69) is 5.32 Å². The molecule has 7 heteroatoms. The number of aromatic hydroxyl groups is 1. The second kappa shape index (κ2) is 10.7. The highest BCUT2D eigenvalue weighted by molar-refractivity contribution is 7.65. The van der Waals surface area contributed by atoms with Crippen molar-refractivity contribution in [2.75, 3.05) is 12.9 Å². The normalized spacial score (nSPS) is 17.7. The van der Waals surface area contributed by atoms with Crippen LogP contribution in [-0.4, -0.2) is 33.5 Å². The van der Waals surface area contributed by atoms with Gasteiger partial charge in [-0.05, 0) is 66.8 Å². The van der Waals surface area contributed by atoms with E-state index < -0.39 is 13.5 Å². The van der Waals surface area contributed by atoms with E-state index in [4.69, 9.17) is 4.74 Å². The molecule has 1 saturated carbocycles. The van der Waals surface area contributed by atoms with Gasteiger partial charge < -0.3 is 25.2 Å². The summed E-state index contributed by atoms with van der Waals surface area (Å²) in [5.41, 5.74) is 1.85. The van der Waals surface area contributed by atoms with Crippen LogP contribution in [0.15, 0.2) is 78.9 Å². The van der Waals surface area contributed by atoms with Gasteiger partial charge >= 0.3 is 0 Å². The highest BCUT2D eigenvalue weighted by atomic mass is 31.2. The van der Waals surface area contributed by atoms with Gasteiger partial charge in [-0.15, -0.1) is 0 Å². The lowest BCUT2D eigenvalue weighted by atomic mass is 9.88. The monoisotopic (exact) mass is 481 g/mol. The Morgan fingerprint density at radius 3 is 2.24 bits per heavy atom. The number of rotatable bonds is 10. The first-order valence-electron chi connectivity index (χ1n) is 11.7. The number of phenolic OH excluding ortho intramolecular Hbond substituents is 1. The second-order valence-electron chi connectivity index (χ2n) is 9.11. The summed E-state index contributed by atoms with van der Waals surface area (Å²) in [5, 5.41) is 24.1. The van der Waals surface area contributed by atoms with Gasteiger partial charge in [-0.25, -0.2) is 0 Å². The van der Waals surface area contributed by atoms with Crippen molar-refractivity contribution in [3.8, 4) is 11.5 Å². The van der Waals surface area contributed by atoms with Crippen LogP contribution in [0.2, 0.25) is 0 Å². The van der Waals surface area contributed by atoms with Crippen molar-refractivity contribution in [1.29, 1.82) is 0 Å². The Kier molecular flexibility index (Phi) is 7.74. The molecule has 1 unspecified atom stereocenters. The lowest BCUT2D eigenvalue weighted by Gasteiger charge is -2.32. The molecular formula is C27H32NO5P. The van der Waals surface area contributed by atoms with Crippen LogP contribution in [0.25, 0.3) is 0 Å². The Morgan fingerprint density at radius 1 is 0.941 bits per heavy atom. The van der Waals surface area contributed by atoms with E-state index in [1.165, 1.54) is 0 Å². The topological polar surface area (TPSA) is 99.0 Å². The molecule has 3 aromatic rings. The molecule has 1 aliphatic carbocycles. The Morgan fingerprint density at radius 2 is 1.59 bits per heavy atom. The van der Waals surface area contributed by atoms with E-state index in [0.717, 1.165) is 43.2 Å². The molecule has 0 bridgehead atoms. The van der Waals surface area contributed by atoms with Crippen molar-refractivity contribution in [1.82, 2.24) is 5.32 Å². The van der Waals surface area contributed by atoms with E-state index in [9.17, 15) is 19.7 Å². The van der Waals surface area contributed by atoms with Gasteiger partial charge in [0.05, 0.1) is 6.10 Å². The third-order valence-corrected chi connectivity index (χ3v) is 8.12. The van der Waals surface area contributed by atoms with Crippen molar-refractivity contribution in [2.45, 2.75) is 43.7 Å². The van der Waals surface area contributed by atoms with E-state index >= 15 is 0 Å². The van der Waals surface area contributed by atoms with Crippen LogP contribution in [0.5, 0.6) is 11.5 Å². The number of aliphatic hydroxyl groups excluding tert-OH is 1. The molecule has 0 radical (unpaired) electrons. The number of aliphatic hydroxyl groups is 1. The molecule has 0 amide bonds. The number of benzene rings is 3. The number of hydrogen-bond donors (Lipinski definition) is 4. The van der Waals surface area contributed by atoms with Gasteiger partial charge in [-0.2, -0.15) is 0 Å². The Balaban J connectivity index is 1.35. The summed E-state index contributed by atoms with van der Waals surface area (Å²) in [6.07, 6.45) is 4.29. The highest BCUT2D eigenvalue weighted by Crippen LogP contribution is 2.39. The van der Waals surface area contributed by atoms with Crippen molar-refractivity contribution < 1.29 is 24.4 Å². The minimum Gasteiger partial charge on any atom is -0.508 e. The van der Waals surface area contributed by atoms with Crippen LogP contribution in [0.1, 0.15) is 42.9 Å². The summed E-state index contributed by atoms with van der Waals surface area (Å²) in [4.78, 5) is 10.3. The molecule has 4 rings (SSSR count). The number of β-amino-alcohol motifs (C(OH)–C–C–N with tert-alkyl or cyclic N) is 1. The number of nitrogens with one attached hydrogen (secondary N) is 1.